The van der Waals surface area contributed by atoms with Gasteiger partial charge in [-0.1, -0.05) is 18.2 Å². The minimum Gasteiger partial charge on any atom is -0.478 e. The standard InChI is InChI=1S/C31H35N3O5/c1-31(2)17-25-23(26-7-4-16-39-26)5-3-6-24(25)27(28(35)33-22-14-12-21(13-15-22)30(37)38)34(31)29(36)20-10-8-19(18-32)9-11-20/h3-7,12-16,19-20,27H,8-11,17-18,32H2,1-2H3,(H,33,35)(H,37,38). The largest absolute Gasteiger partial charge is 0.478 e. The normalized spacial score (nSPS) is 22.1. The molecule has 2 aliphatic rings. The Labute approximate surface area is 228 Å². The number of furan rings is 1. The lowest BCUT2D eigenvalue weighted by Gasteiger charge is -2.49. The van der Waals surface area contributed by atoms with E-state index in [4.69, 9.17) is 10.2 Å². The van der Waals surface area contributed by atoms with E-state index < -0.39 is 17.6 Å². The minimum atomic E-state index is -1.04. The molecule has 1 aliphatic carbocycles. The van der Waals surface area contributed by atoms with Crippen molar-refractivity contribution in [1.29, 1.82) is 0 Å². The van der Waals surface area contributed by atoms with Crippen molar-refractivity contribution in [3.05, 3.63) is 77.6 Å². The second-order valence-electron chi connectivity index (χ2n) is 11.3. The first-order chi connectivity index (χ1) is 18.7. The van der Waals surface area contributed by atoms with Crippen LogP contribution < -0.4 is 11.1 Å². The predicted molar refractivity (Wildman–Crippen MR) is 148 cm³/mol. The fourth-order valence-corrected chi connectivity index (χ4v) is 6.16. The van der Waals surface area contributed by atoms with Crippen molar-refractivity contribution in [2.75, 3.05) is 11.9 Å². The molecule has 0 spiro atoms. The molecule has 1 aromatic heterocycles. The molecule has 2 heterocycles. The average Bonchev–Trinajstić information content (AvgIpc) is 3.46. The van der Waals surface area contributed by atoms with Crippen LogP contribution in [0.15, 0.2) is 65.3 Å². The molecule has 39 heavy (non-hydrogen) atoms. The van der Waals surface area contributed by atoms with Gasteiger partial charge >= 0.3 is 5.97 Å². The highest BCUT2D eigenvalue weighted by atomic mass is 16.4. The molecule has 0 bridgehead atoms. The van der Waals surface area contributed by atoms with Crippen molar-refractivity contribution in [2.45, 2.75) is 57.5 Å². The lowest BCUT2D eigenvalue weighted by atomic mass is 9.76. The van der Waals surface area contributed by atoms with Gasteiger partial charge in [0.25, 0.3) is 5.91 Å². The molecule has 2 amide bonds. The Kier molecular flexibility index (Phi) is 7.32. The number of carboxylic acid groups (broad SMARTS) is 1. The summed E-state index contributed by atoms with van der Waals surface area (Å²) in [5.74, 6) is -0.396. The Balaban J connectivity index is 1.55. The molecule has 1 unspecified atom stereocenters. The van der Waals surface area contributed by atoms with Crippen LogP contribution in [-0.2, 0) is 16.0 Å². The van der Waals surface area contributed by atoms with Gasteiger partial charge in [-0.05, 0) is 106 Å². The number of aromatic carboxylic acids is 1. The lowest BCUT2D eigenvalue weighted by Crippen LogP contribution is -2.58. The number of hydrogen-bond donors (Lipinski definition) is 3. The Hall–Kier alpha value is -3.91. The van der Waals surface area contributed by atoms with Crippen molar-refractivity contribution in [3.8, 4) is 11.3 Å². The summed E-state index contributed by atoms with van der Waals surface area (Å²) in [6, 6.07) is 14.7. The zero-order valence-corrected chi connectivity index (χ0v) is 22.4. The SMILES string of the molecule is CC1(C)Cc2c(-c3ccco3)cccc2C(C(=O)Nc2ccc(C(=O)O)cc2)N1C(=O)C1CCC(CN)CC1. The van der Waals surface area contributed by atoms with Gasteiger partial charge in [0.2, 0.25) is 5.91 Å². The van der Waals surface area contributed by atoms with Crippen molar-refractivity contribution in [3.63, 3.8) is 0 Å². The number of carbonyl (C=O) groups is 3. The number of amides is 2. The summed E-state index contributed by atoms with van der Waals surface area (Å²) < 4.78 is 5.73. The van der Waals surface area contributed by atoms with Gasteiger partial charge in [-0.25, -0.2) is 4.79 Å². The van der Waals surface area contributed by atoms with Gasteiger partial charge in [-0.2, -0.15) is 0 Å². The molecule has 5 rings (SSSR count). The third-order valence-corrected chi connectivity index (χ3v) is 8.23. The zero-order chi connectivity index (χ0) is 27.7. The summed E-state index contributed by atoms with van der Waals surface area (Å²) in [4.78, 5) is 41.3. The number of fused-ring (bicyclic) bond motifs is 1. The van der Waals surface area contributed by atoms with Crippen LogP contribution in [0.4, 0.5) is 5.69 Å². The van der Waals surface area contributed by atoms with Gasteiger partial charge < -0.3 is 25.5 Å². The summed E-state index contributed by atoms with van der Waals surface area (Å²) in [5.41, 5.74) is 8.50. The van der Waals surface area contributed by atoms with E-state index in [1.54, 1.807) is 23.3 Å². The maximum absolute atomic E-state index is 14.2. The van der Waals surface area contributed by atoms with Crippen molar-refractivity contribution in [1.82, 2.24) is 4.90 Å². The number of anilines is 1. The van der Waals surface area contributed by atoms with Gasteiger partial charge in [0.1, 0.15) is 11.8 Å². The van der Waals surface area contributed by atoms with Crippen LogP contribution in [-0.4, -0.2) is 39.9 Å². The van der Waals surface area contributed by atoms with Gasteiger partial charge in [-0.15, -0.1) is 0 Å². The summed E-state index contributed by atoms with van der Waals surface area (Å²) in [6.07, 6.45) is 5.54. The molecule has 3 aromatic rings. The molecule has 1 atom stereocenters. The first-order valence-corrected chi connectivity index (χ1v) is 13.5. The molecule has 2 aromatic carbocycles. The molecule has 4 N–H and O–H groups in total. The van der Waals surface area contributed by atoms with Gasteiger partial charge in [0.05, 0.1) is 11.8 Å². The van der Waals surface area contributed by atoms with Crippen LogP contribution in [0.5, 0.6) is 0 Å². The molecular weight excluding hydrogens is 494 g/mol. The molecule has 8 heteroatoms. The second kappa shape index (κ2) is 10.7. The van der Waals surface area contributed by atoms with Gasteiger partial charge in [0.15, 0.2) is 0 Å². The van der Waals surface area contributed by atoms with Crippen molar-refractivity contribution < 1.29 is 23.9 Å². The van der Waals surface area contributed by atoms with Crippen LogP contribution in [0.1, 0.15) is 67.1 Å². The van der Waals surface area contributed by atoms with E-state index in [1.807, 2.05) is 44.2 Å². The predicted octanol–water partition coefficient (Wildman–Crippen LogP) is 5.25. The first kappa shape index (κ1) is 26.7. The number of carboxylic acids is 1. The van der Waals surface area contributed by atoms with Crippen LogP contribution in [0.2, 0.25) is 0 Å². The van der Waals surface area contributed by atoms with E-state index in [9.17, 15) is 19.5 Å². The van der Waals surface area contributed by atoms with Crippen LogP contribution >= 0.6 is 0 Å². The molecule has 1 aliphatic heterocycles. The molecular formula is C31H35N3O5. The number of nitrogens with one attached hydrogen (secondary N) is 1. The summed E-state index contributed by atoms with van der Waals surface area (Å²) >= 11 is 0. The second-order valence-corrected chi connectivity index (χ2v) is 11.3. The molecule has 1 saturated carbocycles. The summed E-state index contributed by atoms with van der Waals surface area (Å²) in [6.45, 7) is 4.66. The number of benzene rings is 2. The number of carbonyl (C=O) groups excluding carboxylic acids is 2. The molecule has 1 fully saturated rings. The van der Waals surface area contributed by atoms with Gasteiger partial charge in [0, 0.05) is 22.7 Å². The highest BCUT2D eigenvalue weighted by molar-refractivity contribution is 6.00. The third-order valence-electron chi connectivity index (χ3n) is 8.23. The molecule has 204 valence electrons. The van der Waals surface area contributed by atoms with Crippen molar-refractivity contribution in [2.24, 2.45) is 17.6 Å². The Bertz CT molecular complexity index is 1360. The monoisotopic (exact) mass is 529 g/mol. The van der Waals surface area contributed by atoms with E-state index in [0.717, 1.165) is 42.4 Å². The maximum Gasteiger partial charge on any atom is 0.335 e. The zero-order valence-electron chi connectivity index (χ0n) is 22.4. The fourth-order valence-electron chi connectivity index (χ4n) is 6.16. The first-order valence-electron chi connectivity index (χ1n) is 13.5. The minimum absolute atomic E-state index is 0.00843. The van der Waals surface area contributed by atoms with Crippen LogP contribution in [0.25, 0.3) is 11.3 Å². The van der Waals surface area contributed by atoms with E-state index in [1.165, 1.54) is 12.1 Å². The smallest absolute Gasteiger partial charge is 0.335 e. The summed E-state index contributed by atoms with van der Waals surface area (Å²) in [7, 11) is 0. The van der Waals surface area contributed by atoms with E-state index in [2.05, 4.69) is 5.32 Å². The Morgan fingerprint density at radius 1 is 1.03 bits per heavy atom. The topological polar surface area (TPSA) is 126 Å². The number of nitrogens with zero attached hydrogens (tertiary/aromatic N) is 1. The highest BCUT2D eigenvalue weighted by Gasteiger charge is 2.48. The Morgan fingerprint density at radius 2 is 1.74 bits per heavy atom. The van der Waals surface area contributed by atoms with Crippen LogP contribution in [0, 0.1) is 11.8 Å². The maximum atomic E-state index is 14.2. The quantitative estimate of drug-likeness (QED) is 0.400. The summed E-state index contributed by atoms with van der Waals surface area (Å²) in [5, 5.41) is 12.2. The van der Waals surface area contributed by atoms with E-state index >= 15 is 0 Å². The Morgan fingerprint density at radius 3 is 2.36 bits per heavy atom. The molecule has 0 saturated heterocycles. The molecule has 8 nitrogen and oxygen atoms in total. The van der Waals surface area contributed by atoms with Crippen LogP contribution in [0.3, 0.4) is 0 Å². The number of rotatable bonds is 6. The third kappa shape index (κ3) is 5.21. The van der Waals surface area contributed by atoms with Gasteiger partial charge in [-0.3, -0.25) is 9.59 Å². The number of hydrogen-bond acceptors (Lipinski definition) is 5. The fraction of sp³-hybridized carbons (Fsp3) is 0.387. The average molecular weight is 530 g/mol. The van der Waals surface area contributed by atoms with E-state index in [0.29, 0.717) is 30.3 Å². The molecule has 0 radical (unpaired) electrons. The lowest BCUT2D eigenvalue weighted by molar-refractivity contribution is -0.151. The number of nitrogens with two attached hydrogens (primary N) is 1. The van der Waals surface area contributed by atoms with E-state index in [-0.39, 0.29) is 23.3 Å². The van der Waals surface area contributed by atoms with Crippen molar-refractivity contribution >= 4 is 23.5 Å². The highest BCUT2D eigenvalue weighted by Crippen LogP contribution is 2.45.